The summed E-state index contributed by atoms with van der Waals surface area (Å²) in [6.07, 6.45) is 0. The van der Waals surface area contributed by atoms with Crippen LogP contribution >= 0.6 is 0 Å². The molecule has 0 aliphatic carbocycles. The number of rotatable bonds is 0. The second-order valence-electron chi connectivity index (χ2n) is 3.83. The van der Waals surface area contributed by atoms with E-state index >= 15 is 0 Å². The SMILES string of the molecule is Cc1ccc2c(O)cc(=O)n(C)c2c1C. The third kappa shape index (κ3) is 1.31. The maximum absolute atomic E-state index is 11.5. The first-order valence-electron chi connectivity index (χ1n) is 4.81. The molecule has 1 aromatic heterocycles. The molecular formula is C12H13NO2. The number of hydrogen-bond acceptors (Lipinski definition) is 2. The molecule has 2 aromatic rings. The Morgan fingerprint density at radius 1 is 1.27 bits per heavy atom. The fraction of sp³-hybridized carbons (Fsp3) is 0.250. The van der Waals surface area contributed by atoms with Crippen molar-refractivity contribution in [2.75, 3.05) is 0 Å². The minimum absolute atomic E-state index is 0.0520. The van der Waals surface area contributed by atoms with Crippen LogP contribution in [0.15, 0.2) is 23.0 Å². The van der Waals surface area contributed by atoms with Gasteiger partial charge in [0.05, 0.1) is 5.52 Å². The summed E-state index contributed by atoms with van der Waals surface area (Å²) in [7, 11) is 1.72. The van der Waals surface area contributed by atoms with E-state index in [1.165, 1.54) is 6.07 Å². The molecule has 0 radical (unpaired) electrons. The molecule has 2 rings (SSSR count). The molecule has 1 N–H and O–H groups in total. The number of aromatic nitrogens is 1. The van der Waals surface area contributed by atoms with Crippen molar-refractivity contribution in [1.29, 1.82) is 0 Å². The number of aromatic hydroxyl groups is 1. The molecule has 1 aromatic carbocycles. The summed E-state index contributed by atoms with van der Waals surface area (Å²) < 4.78 is 1.57. The minimum Gasteiger partial charge on any atom is -0.507 e. The highest BCUT2D eigenvalue weighted by Crippen LogP contribution is 2.26. The van der Waals surface area contributed by atoms with Gasteiger partial charge in [-0.05, 0) is 31.0 Å². The summed E-state index contributed by atoms with van der Waals surface area (Å²) >= 11 is 0. The predicted octanol–water partition coefficient (Wildman–Crippen LogP) is 1.86. The molecule has 15 heavy (non-hydrogen) atoms. The summed E-state index contributed by atoms with van der Waals surface area (Å²) in [5, 5.41) is 10.4. The Balaban J connectivity index is 3.11. The highest BCUT2D eigenvalue weighted by Gasteiger charge is 2.08. The lowest BCUT2D eigenvalue weighted by Crippen LogP contribution is -2.16. The molecule has 1 heterocycles. The van der Waals surface area contributed by atoms with Gasteiger partial charge in [-0.15, -0.1) is 0 Å². The van der Waals surface area contributed by atoms with E-state index < -0.39 is 0 Å². The molecule has 3 nitrogen and oxygen atoms in total. The lowest BCUT2D eigenvalue weighted by molar-refractivity contribution is 0.479. The quantitative estimate of drug-likeness (QED) is 0.710. The largest absolute Gasteiger partial charge is 0.507 e. The van der Waals surface area contributed by atoms with Gasteiger partial charge >= 0.3 is 0 Å². The normalized spacial score (nSPS) is 10.9. The zero-order valence-corrected chi connectivity index (χ0v) is 9.03. The van der Waals surface area contributed by atoms with Crippen LogP contribution in [-0.4, -0.2) is 9.67 Å². The van der Waals surface area contributed by atoms with E-state index in [9.17, 15) is 9.90 Å². The van der Waals surface area contributed by atoms with Crippen molar-refractivity contribution >= 4 is 10.9 Å². The average Bonchev–Trinajstić information content (AvgIpc) is 2.19. The van der Waals surface area contributed by atoms with Crippen LogP contribution in [0.2, 0.25) is 0 Å². The Hall–Kier alpha value is -1.77. The smallest absolute Gasteiger partial charge is 0.254 e. The van der Waals surface area contributed by atoms with Crippen molar-refractivity contribution in [3.63, 3.8) is 0 Å². The van der Waals surface area contributed by atoms with Crippen molar-refractivity contribution in [1.82, 2.24) is 4.57 Å². The van der Waals surface area contributed by atoms with Crippen LogP contribution in [0.1, 0.15) is 11.1 Å². The standard InChI is InChI=1S/C12H13NO2/c1-7-4-5-9-10(14)6-11(15)13(3)12(9)8(7)2/h4-6,14H,1-3H3. The van der Waals surface area contributed by atoms with Gasteiger partial charge in [0.2, 0.25) is 0 Å². The topological polar surface area (TPSA) is 42.2 Å². The molecule has 78 valence electrons. The van der Waals surface area contributed by atoms with E-state index in [0.717, 1.165) is 22.0 Å². The molecule has 0 aliphatic heterocycles. The van der Waals surface area contributed by atoms with Crippen molar-refractivity contribution < 1.29 is 5.11 Å². The van der Waals surface area contributed by atoms with Gasteiger partial charge in [0.25, 0.3) is 5.56 Å². The molecule has 0 bridgehead atoms. The van der Waals surface area contributed by atoms with Gasteiger partial charge in [-0.3, -0.25) is 4.79 Å². The van der Waals surface area contributed by atoms with Crippen molar-refractivity contribution in [2.24, 2.45) is 7.05 Å². The lowest BCUT2D eigenvalue weighted by Gasteiger charge is -2.11. The molecule has 0 saturated heterocycles. The first kappa shape index (κ1) is 9.77. The van der Waals surface area contributed by atoms with E-state index in [1.54, 1.807) is 11.6 Å². The second-order valence-corrected chi connectivity index (χ2v) is 3.83. The van der Waals surface area contributed by atoms with Gasteiger partial charge < -0.3 is 9.67 Å². The van der Waals surface area contributed by atoms with Crippen LogP contribution in [-0.2, 0) is 7.05 Å². The van der Waals surface area contributed by atoms with E-state index in [2.05, 4.69) is 0 Å². The monoisotopic (exact) mass is 203 g/mol. The van der Waals surface area contributed by atoms with Crippen LogP contribution in [0.3, 0.4) is 0 Å². The summed E-state index contributed by atoms with van der Waals surface area (Å²) in [4.78, 5) is 11.5. The Morgan fingerprint density at radius 2 is 1.93 bits per heavy atom. The maximum atomic E-state index is 11.5. The Morgan fingerprint density at radius 3 is 2.60 bits per heavy atom. The van der Waals surface area contributed by atoms with Crippen molar-refractivity contribution in [2.45, 2.75) is 13.8 Å². The molecule has 3 heteroatoms. The number of aryl methyl sites for hydroxylation is 3. The van der Waals surface area contributed by atoms with Gasteiger partial charge in [0.1, 0.15) is 5.75 Å². The summed E-state index contributed by atoms with van der Waals surface area (Å²) in [6, 6.07) is 5.03. The van der Waals surface area contributed by atoms with E-state index in [1.807, 2.05) is 26.0 Å². The summed E-state index contributed by atoms with van der Waals surface area (Å²) in [5.41, 5.74) is 2.76. The Labute approximate surface area is 87.6 Å². The van der Waals surface area contributed by atoms with Gasteiger partial charge in [0, 0.05) is 18.5 Å². The average molecular weight is 203 g/mol. The fourth-order valence-corrected chi connectivity index (χ4v) is 1.84. The third-order valence-electron chi connectivity index (χ3n) is 2.90. The molecule has 0 atom stereocenters. The third-order valence-corrected chi connectivity index (χ3v) is 2.90. The van der Waals surface area contributed by atoms with Gasteiger partial charge in [-0.25, -0.2) is 0 Å². The number of pyridine rings is 1. The highest BCUT2D eigenvalue weighted by molar-refractivity contribution is 5.88. The number of nitrogens with zero attached hydrogens (tertiary/aromatic N) is 1. The van der Waals surface area contributed by atoms with Crippen molar-refractivity contribution in [3.8, 4) is 5.75 Å². The summed E-state index contributed by atoms with van der Waals surface area (Å²) in [5.74, 6) is 0.0520. The second kappa shape index (κ2) is 3.12. The van der Waals surface area contributed by atoms with E-state index in [-0.39, 0.29) is 11.3 Å². The first-order valence-corrected chi connectivity index (χ1v) is 4.81. The van der Waals surface area contributed by atoms with E-state index in [0.29, 0.717) is 0 Å². The molecule has 0 aliphatic rings. The molecule has 0 saturated carbocycles. The van der Waals surface area contributed by atoms with Crippen LogP contribution in [0, 0.1) is 13.8 Å². The van der Waals surface area contributed by atoms with Crippen LogP contribution < -0.4 is 5.56 Å². The highest BCUT2D eigenvalue weighted by atomic mass is 16.3. The van der Waals surface area contributed by atoms with Crippen molar-refractivity contribution in [3.05, 3.63) is 39.7 Å². The molecule has 0 spiro atoms. The Bertz CT molecular complexity index is 597. The lowest BCUT2D eigenvalue weighted by atomic mass is 10.0. The number of fused-ring (bicyclic) bond motifs is 1. The zero-order chi connectivity index (χ0) is 11.2. The maximum Gasteiger partial charge on any atom is 0.254 e. The van der Waals surface area contributed by atoms with Gasteiger partial charge in [-0.2, -0.15) is 0 Å². The molecule has 0 amide bonds. The number of benzene rings is 1. The Kier molecular flexibility index (Phi) is 2.03. The van der Waals surface area contributed by atoms with E-state index in [4.69, 9.17) is 0 Å². The van der Waals surface area contributed by atoms with Gasteiger partial charge in [-0.1, -0.05) is 6.07 Å². The molecular weight excluding hydrogens is 190 g/mol. The summed E-state index contributed by atoms with van der Waals surface area (Å²) in [6.45, 7) is 3.94. The number of hydrogen-bond donors (Lipinski definition) is 1. The van der Waals surface area contributed by atoms with Gasteiger partial charge in [0.15, 0.2) is 0 Å². The molecule has 0 fully saturated rings. The molecule has 0 unspecified atom stereocenters. The van der Waals surface area contributed by atoms with Crippen LogP contribution in [0.25, 0.3) is 10.9 Å². The zero-order valence-electron chi connectivity index (χ0n) is 9.03. The first-order chi connectivity index (χ1) is 7.02. The van der Waals surface area contributed by atoms with Crippen LogP contribution in [0.5, 0.6) is 5.75 Å². The fourth-order valence-electron chi connectivity index (χ4n) is 1.84. The minimum atomic E-state index is -0.186. The predicted molar refractivity (Wildman–Crippen MR) is 60.3 cm³/mol. The van der Waals surface area contributed by atoms with Crippen LogP contribution in [0.4, 0.5) is 0 Å².